The van der Waals surface area contributed by atoms with Gasteiger partial charge in [-0.3, -0.25) is 0 Å². The number of rotatable bonds is 2. The highest BCUT2D eigenvalue weighted by molar-refractivity contribution is 6.09. The summed E-state index contributed by atoms with van der Waals surface area (Å²) in [5.41, 5.74) is -9.01. The minimum absolute atomic E-state index is 0.410. The van der Waals surface area contributed by atoms with Gasteiger partial charge in [-0.2, -0.15) is 0 Å². The van der Waals surface area contributed by atoms with Crippen molar-refractivity contribution in [1.82, 2.24) is 0 Å². The van der Waals surface area contributed by atoms with Crippen LogP contribution in [0.1, 0.15) is 51.8 Å². The maximum absolute atomic E-state index is 14.4. The highest BCUT2D eigenvalue weighted by atomic mass is 16.7. The lowest BCUT2D eigenvalue weighted by Gasteiger charge is -2.44. The maximum Gasteiger partial charge on any atom is 0.342 e. The van der Waals surface area contributed by atoms with Crippen molar-refractivity contribution in [2.45, 2.75) is 30.7 Å². The minimum Gasteiger partial charge on any atom is -0.504 e. The van der Waals surface area contributed by atoms with E-state index in [2.05, 4.69) is 0 Å². The van der Waals surface area contributed by atoms with Crippen LogP contribution < -0.4 is 0 Å². The first-order chi connectivity index (χ1) is 31.5. The second kappa shape index (κ2) is 15.6. The maximum atomic E-state index is 14.4. The molecule has 67 heavy (non-hydrogen) atoms. The lowest BCUT2D eigenvalue weighted by Crippen LogP contribution is -2.63. The third kappa shape index (κ3) is 6.91. The van der Waals surface area contributed by atoms with E-state index in [0.717, 1.165) is 0 Å². The Morgan fingerprint density at radius 3 is 1.36 bits per heavy atom. The molecule has 0 amide bonds. The highest BCUT2D eigenvalue weighted by Gasteiger charge is 2.56. The number of hydrogen-bond acceptors (Lipinski definition) is 26. The molecule has 0 spiro atoms. The Labute approximate surface area is 368 Å². The molecule has 0 aromatic heterocycles. The molecule has 1 saturated heterocycles. The van der Waals surface area contributed by atoms with Crippen molar-refractivity contribution >= 4 is 29.8 Å². The van der Waals surface area contributed by atoms with E-state index < -0.39 is 203 Å². The molecule has 0 radical (unpaired) electrons. The van der Waals surface area contributed by atoms with Crippen LogP contribution in [0.15, 0.2) is 36.4 Å². The standard InChI is InChI=1S/C41H28O26/c42-14-1-8(2-15(43)25(14)49)36(57)67-41-35-34(65-38(59)11-5-17(45)27(51)30(54)21(11)22-12(39(60)66-35)6-18(46)28(52)31(22)55)33-19(63-41)7-62-37(58)10-4-16(44)26(50)29(53)20(10)9-3-13(40(61)64-33)24(48)32(56)23(9)47/h1-6,19,33-35,41-56H,7H2/t19-,33-,34+,35-,41+/m1/s1. The SMILES string of the molecule is O=C(O[C@@H]1O[C@@H]2COC(=O)c3cc(O)c(O)c(O)c3-c3cc(c(O)c(O)c3O)C(=O)O[C@H]2[C@@H]2OC(=O)c3cc(O)c(O)c(O)c3-c3c(cc(O)c(O)c3O)C(=O)O[C@@H]12)c1cc(O)c(O)c(O)c1. The van der Waals surface area contributed by atoms with Gasteiger partial charge in [0.15, 0.2) is 75.5 Å². The second-order valence-corrected chi connectivity index (χ2v) is 14.6. The Balaban J connectivity index is 1.36. The van der Waals surface area contributed by atoms with E-state index in [1.54, 1.807) is 0 Å². The summed E-state index contributed by atoms with van der Waals surface area (Å²) in [5, 5.41) is 158. The van der Waals surface area contributed by atoms with E-state index >= 15 is 0 Å². The predicted octanol–water partition coefficient (Wildman–Crippen LogP) is 1.65. The fourth-order valence-electron chi connectivity index (χ4n) is 7.39. The molecule has 3 heterocycles. The van der Waals surface area contributed by atoms with Gasteiger partial charge in [-0.1, -0.05) is 0 Å². The number of esters is 5. The normalized spacial score (nSPS) is 20.0. The molecular formula is C41H28O26. The monoisotopic (exact) mass is 936 g/mol. The molecular weight excluding hydrogens is 908 g/mol. The lowest BCUT2D eigenvalue weighted by molar-refractivity contribution is -0.283. The highest BCUT2D eigenvalue weighted by Crippen LogP contribution is 2.55. The molecule has 2 bridgehead atoms. The quantitative estimate of drug-likeness (QED) is 0.0679. The van der Waals surface area contributed by atoms with E-state index in [1.807, 2.05) is 0 Å². The van der Waals surface area contributed by atoms with Crippen molar-refractivity contribution in [3.8, 4) is 108 Å². The first-order valence-electron chi connectivity index (χ1n) is 18.6. The summed E-state index contributed by atoms with van der Waals surface area (Å²) in [4.78, 5) is 70.4. The van der Waals surface area contributed by atoms with Crippen LogP contribution in [-0.2, 0) is 28.4 Å². The van der Waals surface area contributed by atoms with Crippen LogP contribution in [0.3, 0.4) is 0 Å². The van der Waals surface area contributed by atoms with E-state index in [0.29, 0.717) is 36.4 Å². The molecule has 5 atom stereocenters. The second-order valence-electron chi connectivity index (χ2n) is 14.6. The number of cyclic esters (lactones) is 1. The van der Waals surface area contributed by atoms with Crippen LogP contribution in [0, 0.1) is 0 Å². The van der Waals surface area contributed by atoms with Crippen molar-refractivity contribution in [3.05, 3.63) is 64.2 Å². The summed E-state index contributed by atoms with van der Waals surface area (Å²) in [5.74, 6) is -28.2. The number of aromatic hydroxyl groups is 15. The van der Waals surface area contributed by atoms with Gasteiger partial charge in [0.1, 0.15) is 18.3 Å². The summed E-state index contributed by atoms with van der Waals surface area (Å²) in [6.45, 7) is -1.27. The number of phenols is 15. The van der Waals surface area contributed by atoms with Gasteiger partial charge >= 0.3 is 29.8 Å². The number of benzene rings is 5. The smallest absolute Gasteiger partial charge is 0.342 e. The molecule has 348 valence electrons. The van der Waals surface area contributed by atoms with E-state index in [1.165, 1.54) is 0 Å². The van der Waals surface area contributed by atoms with Crippen LogP contribution in [0.25, 0.3) is 22.3 Å². The molecule has 15 N–H and O–H groups in total. The molecule has 3 aliphatic rings. The Morgan fingerprint density at radius 2 is 0.836 bits per heavy atom. The minimum atomic E-state index is -2.54. The van der Waals surface area contributed by atoms with Crippen molar-refractivity contribution in [2.75, 3.05) is 6.61 Å². The lowest BCUT2D eigenvalue weighted by atomic mass is 9.91. The molecule has 0 unspecified atom stereocenters. The first kappa shape index (κ1) is 44.0. The van der Waals surface area contributed by atoms with E-state index in [4.69, 9.17) is 28.4 Å². The fraction of sp³-hybridized carbons (Fsp3) is 0.146. The molecule has 0 aliphatic carbocycles. The average molecular weight is 937 g/mol. The zero-order valence-electron chi connectivity index (χ0n) is 32.8. The van der Waals surface area contributed by atoms with Crippen LogP contribution >= 0.6 is 0 Å². The largest absolute Gasteiger partial charge is 0.504 e. The number of carbonyl (C=O) groups excluding carboxylic acids is 5. The summed E-state index contributed by atoms with van der Waals surface area (Å²) in [7, 11) is 0. The predicted molar refractivity (Wildman–Crippen MR) is 207 cm³/mol. The van der Waals surface area contributed by atoms with Gasteiger partial charge in [0.2, 0.25) is 35.4 Å². The number of carbonyl (C=O) groups is 5. The number of hydrogen-bond donors (Lipinski definition) is 15. The topological polar surface area (TPSA) is 444 Å². The van der Waals surface area contributed by atoms with Gasteiger partial charge in [-0.05, 0) is 36.4 Å². The summed E-state index contributed by atoms with van der Waals surface area (Å²) >= 11 is 0. The number of ether oxygens (including phenoxy) is 6. The van der Waals surface area contributed by atoms with Crippen molar-refractivity contribution in [2.24, 2.45) is 0 Å². The van der Waals surface area contributed by atoms with Crippen LogP contribution in [0.5, 0.6) is 86.2 Å². The Morgan fingerprint density at radius 1 is 0.418 bits per heavy atom. The molecule has 5 aromatic carbocycles. The molecule has 1 fully saturated rings. The van der Waals surface area contributed by atoms with Gasteiger partial charge < -0.3 is 105 Å². The van der Waals surface area contributed by atoms with Crippen molar-refractivity contribution < 1.29 is 129 Å². The molecule has 3 aliphatic heterocycles. The molecule has 0 saturated carbocycles. The Bertz CT molecular complexity index is 3020. The van der Waals surface area contributed by atoms with E-state index in [-0.39, 0.29) is 0 Å². The van der Waals surface area contributed by atoms with Crippen LogP contribution in [0.4, 0.5) is 0 Å². The summed E-state index contributed by atoms with van der Waals surface area (Å²) < 4.78 is 33.5. The van der Waals surface area contributed by atoms with Gasteiger partial charge in [-0.25, -0.2) is 24.0 Å². The van der Waals surface area contributed by atoms with Crippen LogP contribution in [0.2, 0.25) is 0 Å². The molecule has 26 nitrogen and oxygen atoms in total. The Kier molecular flexibility index (Phi) is 10.2. The van der Waals surface area contributed by atoms with Gasteiger partial charge in [-0.15, -0.1) is 0 Å². The first-order valence-corrected chi connectivity index (χ1v) is 18.6. The van der Waals surface area contributed by atoms with Gasteiger partial charge in [0.05, 0.1) is 22.3 Å². The average Bonchev–Trinajstić information content (AvgIpc) is 3.28. The van der Waals surface area contributed by atoms with E-state index in [9.17, 15) is 101 Å². The molecule has 8 rings (SSSR count). The summed E-state index contributed by atoms with van der Waals surface area (Å²) in [6.07, 6.45) is -12.2. The van der Waals surface area contributed by atoms with Crippen molar-refractivity contribution in [1.29, 1.82) is 0 Å². The van der Waals surface area contributed by atoms with Gasteiger partial charge in [0, 0.05) is 22.3 Å². The molecule has 26 heteroatoms. The van der Waals surface area contributed by atoms with Gasteiger partial charge in [0.25, 0.3) is 0 Å². The zero-order valence-corrected chi connectivity index (χ0v) is 32.8. The van der Waals surface area contributed by atoms with Crippen molar-refractivity contribution in [3.63, 3.8) is 0 Å². The third-order valence-electron chi connectivity index (χ3n) is 10.6. The fourth-order valence-corrected chi connectivity index (χ4v) is 7.39. The van der Waals surface area contributed by atoms with Crippen LogP contribution in [-0.4, -0.2) is 144 Å². The molecule has 5 aromatic rings. The number of phenolic OH excluding ortho intramolecular Hbond substituents is 15. The third-order valence-corrected chi connectivity index (χ3v) is 10.6. The Hall–Kier alpha value is -9.59. The zero-order chi connectivity index (χ0) is 48.8. The summed E-state index contributed by atoms with van der Waals surface area (Å²) in [6, 6.07) is 2.95. The number of fused-ring (bicyclic) bond motifs is 10.